The van der Waals surface area contributed by atoms with E-state index in [0.717, 1.165) is 12.1 Å². The van der Waals surface area contributed by atoms with Crippen LogP contribution in [0.5, 0.6) is 0 Å². The van der Waals surface area contributed by atoms with E-state index in [9.17, 15) is 18.0 Å². The number of nitrogens with one attached hydrogen (secondary N) is 1. The van der Waals surface area contributed by atoms with Crippen LogP contribution < -0.4 is 5.32 Å². The van der Waals surface area contributed by atoms with Gasteiger partial charge in [0, 0.05) is 12.1 Å². The lowest BCUT2D eigenvalue weighted by molar-refractivity contribution is -0.138. The fourth-order valence-corrected chi connectivity index (χ4v) is 2.10. The third-order valence-corrected chi connectivity index (χ3v) is 3.17. The number of methoxy groups -OCH3 is 1. The summed E-state index contributed by atoms with van der Waals surface area (Å²) in [4.78, 5) is 11.5. The van der Waals surface area contributed by atoms with Gasteiger partial charge in [-0.25, -0.2) is 4.79 Å². The van der Waals surface area contributed by atoms with Gasteiger partial charge in [0.2, 0.25) is 0 Å². The van der Waals surface area contributed by atoms with E-state index < -0.39 is 17.7 Å². The van der Waals surface area contributed by atoms with E-state index in [1.807, 2.05) is 0 Å². The van der Waals surface area contributed by atoms with Gasteiger partial charge in [0.05, 0.1) is 18.7 Å². The average molecular weight is 285 g/mol. The molecule has 1 unspecified atom stereocenters. The molecule has 1 aromatic rings. The topological polar surface area (TPSA) is 38.3 Å². The Balaban J connectivity index is 2.21. The van der Waals surface area contributed by atoms with Gasteiger partial charge in [0.25, 0.3) is 0 Å². The smallest absolute Gasteiger partial charge is 0.416 e. The zero-order chi connectivity index (χ0) is 14.8. The molecule has 0 radical (unpaired) electrons. The minimum Gasteiger partial charge on any atom is -0.466 e. The van der Waals surface area contributed by atoms with Crippen LogP contribution in [-0.2, 0) is 15.7 Å². The SMILES string of the molecule is COC(=O)C1=CC(c2ccc(C(F)(F)F)cc2)NCC1. The maximum absolute atomic E-state index is 12.5. The first kappa shape index (κ1) is 14.6. The molecule has 0 aliphatic carbocycles. The summed E-state index contributed by atoms with van der Waals surface area (Å²) < 4.78 is 42.1. The molecule has 1 atom stereocenters. The second-order valence-electron chi connectivity index (χ2n) is 4.49. The number of benzene rings is 1. The highest BCUT2D eigenvalue weighted by atomic mass is 19.4. The van der Waals surface area contributed by atoms with Crippen LogP contribution in [-0.4, -0.2) is 19.6 Å². The molecular formula is C14H14F3NO2. The van der Waals surface area contributed by atoms with Gasteiger partial charge in [-0.15, -0.1) is 0 Å². The maximum Gasteiger partial charge on any atom is 0.416 e. The summed E-state index contributed by atoms with van der Waals surface area (Å²) in [5.74, 6) is -0.400. The van der Waals surface area contributed by atoms with Crippen molar-refractivity contribution in [1.29, 1.82) is 0 Å². The third kappa shape index (κ3) is 3.19. The Hall–Kier alpha value is -1.82. The summed E-state index contributed by atoms with van der Waals surface area (Å²) in [5.41, 5.74) is 0.532. The van der Waals surface area contributed by atoms with Crippen molar-refractivity contribution in [2.75, 3.05) is 13.7 Å². The van der Waals surface area contributed by atoms with Gasteiger partial charge >= 0.3 is 12.1 Å². The van der Waals surface area contributed by atoms with Crippen LogP contribution >= 0.6 is 0 Å². The van der Waals surface area contributed by atoms with Crippen LogP contribution in [0.25, 0.3) is 0 Å². The number of halogens is 3. The van der Waals surface area contributed by atoms with Crippen molar-refractivity contribution in [1.82, 2.24) is 5.32 Å². The maximum atomic E-state index is 12.5. The van der Waals surface area contributed by atoms with Crippen molar-refractivity contribution >= 4 is 5.97 Å². The summed E-state index contributed by atoms with van der Waals surface area (Å²) >= 11 is 0. The molecule has 1 N–H and O–H groups in total. The molecule has 1 aliphatic rings. The van der Waals surface area contributed by atoms with Gasteiger partial charge in [0.1, 0.15) is 0 Å². The molecule has 0 saturated carbocycles. The van der Waals surface area contributed by atoms with E-state index in [1.165, 1.54) is 19.2 Å². The highest BCUT2D eigenvalue weighted by Crippen LogP contribution is 2.30. The van der Waals surface area contributed by atoms with Crippen molar-refractivity contribution in [3.8, 4) is 0 Å². The fraction of sp³-hybridized carbons (Fsp3) is 0.357. The van der Waals surface area contributed by atoms with Crippen LogP contribution in [0.2, 0.25) is 0 Å². The second-order valence-corrected chi connectivity index (χ2v) is 4.49. The zero-order valence-corrected chi connectivity index (χ0v) is 10.8. The summed E-state index contributed by atoms with van der Waals surface area (Å²) in [6.07, 6.45) is -2.10. The number of hydrogen-bond acceptors (Lipinski definition) is 3. The van der Waals surface area contributed by atoms with Gasteiger partial charge in [-0.1, -0.05) is 18.2 Å². The molecule has 6 heteroatoms. The normalized spacial score (nSPS) is 19.4. The Bertz CT molecular complexity index is 520. The Labute approximate surface area is 114 Å². The quantitative estimate of drug-likeness (QED) is 0.849. The lowest BCUT2D eigenvalue weighted by atomic mass is 9.97. The molecule has 1 aromatic carbocycles. The van der Waals surface area contributed by atoms with Crippen molar-refractivity contribution in [2.24, 2.45) is 0 Å². The van der Waals surface area contributed by atoms with Crippen LogP contribution in [0.3, 0.4) is 0 Å². The van der Waals surface area contributed by atoms with Crippen LogP contribution in [0.4, 0.5) is 13.2 Å². The van der Waals surface area contributed by atoms with Gasteiger partial charge in [-0.3, -0.25) is 0 Å². The predicted octanol–water partition coefficient (Wildman–Crippen LogP) is 2.84. The summed E-state index contributed by atoms with van der Waals surface area (Å²) in [6.45, 7) is 0.576. The highest BCUT2D eigenvalue weighted by molar-refractivity contribution is 5.88. The van der Waals surface area contributed by atoms with Crippen molar-refractivity contribution in [2.45, 2.75) is 18.6 Å². The summed E-state index contributed by atoms with van der Waals surface area (Å²) in [6, 6.07) is 4.63. The molecular weight excluding hydrogens is 271 g/mol. The van der Waals surface area contributed by atoms with E-state index >= 15 is 0 Å². The van der Waals surface area contributed by atoms with Gasteiger partial charge in [0.15, 0.2) is 0 Å². The van der Waals surface area contributed by atoms with Crippen LogP contribution in [0.15, 0.2) is 35.9 Å². The zero-order valence-electron chi connectivity index (χ0n) is 10.8. The fourth-order valence-electron chi connectivity index (χ4n) is 2.10. The van der Waals surface area contributed by atoms with Gasteiger partial charge in [-0.05, 0) is 24.1 Å². The Morgan fingerprint density at radius 3 is 2.50 bits per heavy atom. The van der Waals surface area contributed by atoms with E-state index in [1.54, 1.807) is 6.08 Å². The molecule has 0 aromatic heterocycles. The molecule has 20 heavy (non-hydrogen) atoms. The minimum atomic E-state index is -4.34. The Morgan fingerprint density at radius 1 is 1.30 bits per heavy atom. The first-order valence-corrected chi connectivity index (χ1v) is 6.11. The van der Waals surface area contributed by atoms with E-state index in [2.05, 4.69) is 10.1 Å². The van der Waals surface area contributed by atoms with Gasteiger partial charge < -0.3 is 10.1 Å². The lowest BCUT2D eigenvalue weighted by Crippen LogP contribution is -2.28. The molecule has 0 fully saturated rings. The molecule has 0 spiro atoms. The van der Waals surface area contributed by atoms with Gasteiger partial charge in [-0.2, -0.15) is 13.2 Å². The van der Waals surface area contributed by atoms with E-state index in [-0.39, 0.29) is 6.04 Å². The first-order valence-electron chi connectivity index (χ1n) is 6.11. The largest absolute Gasteiger partial charge is 0.466 e. The summed E-state index contributed by atoms with van der Waals surface area (Å²) in [5, 5.41) is 3.14. The molecule has 2 rings (SSSR count). The number of carbonyl (C=O) groups excluding carboxylic acids is 1. The number of alkyl halides is 3. The highest BCUT2D eigenvalue weighted by Gasteiger charge is 2.30. The molecule has 1 heterocycles. The monoisotopic (exact) mass is 285 g/mol. The molecule has 3 nitrogen and oxygen atoms in total. The van der Waals surface area contributed by atoms with Crippen molar-refractivity contribution in [3.05, 3.63) is 47.0 Å². The first-order chi connectivity index (χ1) is 9.41. The van der Waals surface area contributed by atoms with Crippen molar-refractivity contribution in [3.63, 3.8) is 0 Å². The summed E-state index contributed by atoms with van der Waals surface area (Å²) in [7, 11) is 1.30. The minimum absolute atomic E-state index is 0.278. The second kappa shape index (κ2) is 5.66. The molecule has 0 saturated heterocycles. The van der Waals surface area contributed by atoms with Crippen molar-refractivity contribution < 1.29 is 22.7 Å². The number of carbonyl (C=O) groups is 1. The predicted molar refractivity (Wildman–Crippen MR) is 66.9 cm³/mol. The van der Waals surface area contributed by atoms with Crippen LogP contribution in [0.1, 0.15) is 23.6 Å². The molecule has 0 amide bonds. The number of rotatable bonds is 2. The number of ether oxygens (including phenoxy) is 1. The molecule has 108 valence electrons. The molecule has 0 bridgehead atoms. The molecule has 1 aliphatic heterocycles. The standard InChI is InChI=1S/C14H14F3NO2/c1-20-13(19)10-6-7-18-12(8-10)9-2-4-11(5-3-9)14(15,16)17/h2-5,8,12,18H,6-7H2,1H3. The number of esters is 1. The number of hydrogen-bond donors (Lipinski definition) is 1. The van der Waals surface area contributed by atoms with E-state index in [0.29, 0.717) is 24.1 Å². The van der Waals surface area contributed by atoms with E-state index in [4.69, 9.17) is 0 Å². The lowest BCUT2D eigenvalue weighted by Gasteiger charge is -2.22. The average Bonchev–Trinajstić information content (AvgIpc) is 2.46. The third-order valence-electron chi connectivity index (χ3n) is 3.17. The Morgan fingerprint density at radius 2 is 1.95 bits per heavy atom. The van der Waals surface area contributed by atoms with Crippen LogP contribution in [0, 0.1) is 0 Å². The Kier molecular flexibility index (Phi) is 4.13.